The van der Waals surface area contributed by atoms with Gasteiger partial charge in [-0.3, -0.25) is 4.79 Å². The lowest BCUT2D eigenvalue weighted by molar-refractivity contribution is -0.143. The topological polar surface area (TPSA) is 88.1 Å². The molecule has 0 bridgehead atoms. The first-order valence-corrected chi connectivity index (χ1v) is 7.16. The Morgan fingerprint density at radius 1 is 1.27 bits per heavy atom. The number of nitrogens with one attached hydrogen (secondary N) is 1. The van der Waals surface area contributed by atoms with E-state index >= 15 is 0 Å². The van der Waals surface area contributed by atoms with Crippen LogP contribution in [0.15, 0.2) is 30.3 Å². The SMILES string of the molecule is O=C(NC[C@H](O)C(=O)N1CCOCC1)OCc1ccccc1. The number of hydrogen-bond donors (Lipinski definition) is 2. The van der Waals surface area contributed by atoms with E-state index in [4.69, 9.17) is 9.47 Å². The fourth-order valence-corrected chi connectivity index (χ4v) is 2.04. The minimum Gasteiger partial charge on any atom is -0.445 e. The molecule has 22 heavy (non-hydrogen) atoms. The van der Waals surface area contributed by atoms with Crippen molar-refractivity contribution in [3.05, 3.63) is 35.9 Å². The van der Waals surface area contributed by atoms with Gasteiger partial charge in [0.15, 0.2) is 0 Å². The van der Waals surface area contributed by atoms with E-state index in [-0.39, 0.29) is 13.2 Å². The molecule has 7 nitrogen and oxygen atoms in total. The summed E-state index contributed by atoms with van der Waals surface area (Å²) in [5.74, 6) is -0.411. The molecule has 2 rings (SSSR count). The third-order valence-corrected chi connectivity index (χ3v) is 3.26. The van der Waals surface area contributed by atoms with Gasteiger partial charge < -0.3 is 24.8 Å². The van der Waals surface area contributed by atoms with Crippen LogP contribution in [0.25, 0.3) is 0 Å². The van der Waals surface area contributed by atoms with Crippen molar-refractivity contribution in [2.45, 2.75) is 12.7 Å². The van der Waals surface area contributed by atoms with Crippen molar-refractivity contribution in [3.8, 4) is 0 Å². The Morgan fingerprint density at radius 2 is 1.95 bits per heavy atom. The molecule has 0 aromatic heterocycles. The van der Waals surface area contributed by atoms with Crippen molar-refractivity contribution in [3.63, 3.8) is 0 Å². The number of aliphatic hydroxyl groups is 1. The molecule has 0 spiro atoms. The predicted octanol–water partition coefficient (Wildman–Crippen LogP) is 0.133. The van der Waals surface area contributed by atoms with Gasteiger partial charge in [-0.1, -0.05) is 30.3 Å². The van der Waals surface area contributed by atoms with Gasteiger partial charge in [-0.25, -0.2) is 4.79 Å². The molecule has 1 aliphatic rings. The van der Waals surface area contributed by atoms with E-state index in [0.717, 1.165) is 5.56 Å². The second-order valence-electron chi connectivity index (χ2n) is 4.90. The number of aliphatic hydroxyl groups excluding tert-OH is 1. The molecule has 1 fully saturated rings. The molecule has 1 aromatic rings. The highest BCUT2D eigenvalue weighted by Gasteiger charge is 2.24. The second-order valence-corrected chi connectivity index (χ2v) is 4.90. The Labute approximate surface area is 128 Å². The summed E-state index contributed by atoms with van der Waals surface area (Å²) in [7, 11) is 0. The van der Waals surface area contributed by atoms with Crippen LogP contribution in [0.3, 0.4) is 0 Å². The Hall–Kier alpha value is -2.12. The second kappa shape index (κ2) is 8.35. The van der Waals surface area contributed by atoms with Gasteiger partial charge in [0, 0.05) is 13.1 Å². The zero-order valence-electron chi connectivity index (χ0n) is 12.2. The first-order valence-electron chi connectivity index (χ1n) is 7.16. The maximum atomic E-state index is 11.9. The van der Waals surface area contributed by atoms with E-state index in [1.807, 2.05) is 30.3 Å². The number of benzene rings is 1. The number of hydrogen-bond acceptors (Lipinski definition) is 5. The molecule has 0 unspecified atom stereocenters. The molecule has 1 aromatic carbocycles. The lowest BCUT2D eigenvalue weighted by Crippen LogP contribution is -2.49. The molecule has 1 aliphatic heterocycles. The van der Waals surface area contributed by atoms with Gasteiger partial charge in [-0.15, -0.1) is 0 Å². The summed E-state index contributed by atoms with van der Waals surface area (Å²) in [4.78, 5) is 25.0. The van der Waals surface area contributed by atoms with E-state index < -0.39 is 18.1 Å². The molecule has 0 saturated carbocycles. The number of ether oxygens (including phenoxy) is 2. The van der Waals surface area contributed by atoms with E-state index in [9.17, 15) is 14.7 Å². The van der Waals surface area contributed by atoms with Crippen molar-refractivity contribution < 1.29 is 24.2 Å². The number of rotatable bonds is 5. The average Bonchev–Trinajstić information content (AvgIpc) is 2.58. The number of alkyl carbamates (subject to hydrolysis) is 1. The predicted molar refractivity (Wildman–Crippen MR) is 78.0 cm³/mol. The molecule has 1 atom stereocenters. The van der Waals surface area contributed by atoms with Crippen LogP contribution in [0, 0.1) is 0 Å². The van der Waals surface area contributed by atoms with Crippen LogP contribution in [-0.2, 0) is 20.9 Å². The van der Waals surface area contributed by atoms with Gasteiger partial charge in [0.2, 0.25) is 0 Å². The van der Waals surface area contributed by atoms with Crippen LogP contribution in [0.1, 0.15) is 5.56 Å². The molecule has 0 aliphatic carbocycles. The van der Waals surface area contributed by atoms with Crippen molar-refractivity contribution in [1.29, 1.82) is 0 Å². The zero-order valence-corrected chi connectivity index (χ0v) is 12.2. The number of carbonyl (C=O) groups is 2. The third-order valence-electron chi connectivity index (χ3n) is 3.26. The fraction of sp³-hybridized carbons (Fsp3) is 0.467. The molecule has 7 heteroatoms. The first kappa shape index (κ1) is 16.3. The summed E-state index contributed by atoms with van der Waals surface area (Å²) in [6.45, 7) is 1.79. The van der Waals surface area contributed by atoms with Crippen LogP contribution < -0.4 is 5.32 Å². The maximum Gasteiger partial charge on any atom is 0.407 e. The fourth-order valence-electron chi connectivity index (χ4n) is 2.04. The highest BCUT2D eigenvalue weighted by molar-refractivity contribution is 5.81. The number of morpholine rings is 1. The molecule has 120 valence electrons. The number of carbonyl (C=O) groups excluding carboxylic acids is 2. The van der Waals surface area contributed by atoms with E-state index in [0.29, 0.717) is 26.3 Å². The monoisotopic (exact) mass is 308 g/mol. The number of nitrogens with zero attached hydrogens (tertiary/aromatic N) is 1. The summed E-state index contributed by atoms with van der Waals surface area (Å²) < 4.78 is 10.1. The van der Waals surface area contributed by atoms with Gasteiger partial charge >= 0.3 is 6.09 Å². The molecular formula is C15H20N2O5. The average molecular weight is 308 g/mol. The Kier molecular flexibility index (Phi) is 6.17. The van der Waals surface area contributed by atoms with E-state index in [1.165, 1.54) is 4.90 Å². The zero-order chi connectivity index (χ0) is 15.8. The van der Waals surface area contributed by atoms with Gasteiger partial charge in [-0.05, 0) is 5.56 Å². The van der Waals surface area contributed by atoms with Gasteiger partial charge in [-0.2, -0.15) is 0 Å². The van der Waals surface area contributed by atoms with E-state index in [1.54, 1.807) is 0 Å². The van der Waals surface area contributed by atoms with Crippen LogP contribution in [0.5, 0.6) is 0 Å². The maximum absolute atomic E-state index is 11.9. The molecule has 2 N–H and O–H groups in total. The van der Waals surface area contributed by atoms with Crippen LogP contribution in [-0.4, -0.2) is 61.0 Å². The highest BCUT2D eigenvalue weighted by atomic mass is 16.5. The lowest BCUT2D eigenvalue weighted by Gasteiger charge is -2.28. The Morgan fingerprint density at radius 3 is 2.64 bits per heavy atom. The number of amides is 2. The van der Waals surface area contributed by atoms with Crippen molar-refractivity contribution in [2.24, 2.45) is 0 Å². The molecule has 1 saturated heterocycles. The summed E-state index contributed by atoms with van der Waals surface area (Å²) in [6.07, 6.45) is -1.94. The minimum absolute atomic E-state index is 0.139. The summed E-state index contributed by atoms with van der Waals surface area (Å²) in [5, 5.41) is 12.2. The molecule has 0 radical (unpaired) electrons. The molecule has 1 heterocycles. The Balaban J connectivity index is 1.67. The van der Waals surface area contributed by atoms with Crippen molar-refractivity contribution in [1.82, 2.24) is 10.2 Å². The smallest absolute Gasteiger partial charge is 0.407 e. The minimum atomic E-state index is -1.28. The standard InChI is InChI=1S/C15H20N2O5/c18-13(14(19)17-6-8-21-9-7-17)10-16-15(20)22-11-12-4-2-1-3-5-12/h1-5,13,18H,6-11H2,(H,16,20)/t13-/m0/s1. The normalized spacial score (nSPS) is 16.0. The summed E-state index contributed by atoms with van der Waals surface area (Å²) in [6, 6.07) is 9.24. The molecule has 2 amide bonds. The largest absolute Gasteiger partial charge is 0.445 e. The van der Waals surface area contributed by atoms with Gasteiger partial charge in [0.1, 0.15) is 12.7 Å². The van der Waals surface area contributed by atoms with Crippen LogP contribution >= 0.6 is 0 Å². The highest BCUT2D eigenvalue weighted by Crippen LogP contribution is 2.02. The third kappa shape index (κ3) is 5.01. The Bertz CT molecular complexity index is 488. The van der Waals surface area contributed by atoms with Crippen LogP contribution in [0.4, 0.5) is 4.79 Å². The summed E-state index contributed by atoms with van der Waals surface area (Å²) in [5.41, 5.74) is 0.864. The van der Waals surface area contributed by atoms with Gasteiger partial charge in [0.05, 0.1) is 19.8 Å². The van der Waals surface area contributed by atoms with Gasteiger partial charge in [0.25, 0.3) is 5.91 Å². The van der Waals surface area contributed by atoms with Crippen molar-refractivity contribution >= 4 is 12.0 Å². The quantitative estimate of drug-likeness (QED) is 0.807. The lowest BCUT2D eigenvalue weighted by atomic mass is 10.2. The van der Waals surface area contributed by atoms with Crippen molar-refractivity contribution in [2.75, 3.05) is 32.8 Å². The first-order chi connectivity index (χ1) is 10.7. The van der Waals surface area contributed by atoms with Crippen LogP contribution in [0.2, 0.25) is 0 Å². The molecular weight excluding hydrogens is 288 g/mol. The summed E-state index contributed by atoms with van der Waals surface area (Å²) >= 11 is 0. The van der Waals surface area contributed by atoms with E-state index in [2.05, 4.69) is 5.32 Å².